The number of nitrogens with zero attached hydrogens (tertiary/aromatic N) is 8. The Hall–Kier alpha value is -12.8. The van der Waals surface area contributed by atoms with Crippen LogP contribution in [0.2, 0.25) is 0 Å². The predicted molar refractivity (Wildman–Crippen MR) is 386 cm³/mol. The molecule has 0 atom stereocenters. The van der Waals surface area contributed by atoms with Crippen molar-refractivity contribution in [2.45, 2.75) is 0 Å². The Labute approximate surface area is 541 Å². The van der Waals surface area contributed by atoms with E-state index in [2.05, 4.69) is 322 Å². The molecule has 8 heteroatoms. The lowest BCUT2D eigenvalue weighted by Gasteiger charge is -2.13. The summed E-state index contributed by atoms with van der Waals surface area (Å²) in [6.07, 6.45) is 3.67. The minimum Gasteiger partial charge on any atom is -0.309 e. The summed E-state index contributed by atoms with van der Waals surface area (Å²) in [6, 6.07) is 112. The number of hydrogen-bond donors (Lipinski definition) is 0. The van der Waals surface area contributed by atoms with Crippen LogP contribution in [0.3, 0.4) is 0 Å². The van der Waals surface area contributed by atoms with Crippen molar-refractivity contribution < 1.29 is 0 Å². The second-order valence-corrected chi connectivity index (χ2v) is 23.9. The largest absolute Gasteiger partial charge is 0.309 e. The summed E-state index contributed by atoms with van der Waals surface area (Å²) in [5.74, 6) is 1.28. The summed E-state index contributed by atoms with van der Waals surface area (Å²) in [5.41, 5.74) is 24.6. The van der Waals surface area contributed by atoms with E-state index in [1.54, 1.807) is 0 Å². The fourth-order valence-corrected chi connectivity index (χ4v) is 13.5. The van der Waals surface area contributed by atoms with Crippen molar-refractivity contribution in [1.82, 2.24) is 39.0 Å². The molecule has 12 aromatic carbocycles. The Kier molecular flexibility index (Phi) is 13.0. The van der Waals surface area contributed by atoms with Crippen LogP contribution in [0.1, 0.15) is 0 Å². The molecule has 0 aliphatic carbocycles. The molecule has 438 valence electrons. The third-order valence-corrected chi connectivity index (χ3v) is 18.3. The second kappa shape index (κ2) is 22.6. The van der Waals surface area contributed by atoms with Gasteiger partial charge in [0.05, 0.1) is 55.9 Å². The topological polar surface area (TPSA) is 87.2 Å². The Morgan fingerprint density at radius 1 is 0.202 bits per heavy atom. The number of aromatic nitrogens is 8. The highest BCUT2D eigenvalue weighted by Gasteiger charge is 2.18. The molecule has 0 amide bonds. The van der Waals surface area contributed by atoms with Gasteiger partial charge in [-0.25, -0.2) is 19.9 Å². The van der Waals surface area contributed by atoms with Crippen molar-refractivity contribution in [3.63, 3.8) is 0 Å². The van der Waals surface area contributed by atoms with Crippen molar-refractivity contribution in [3.05, 3.63) is 328 Å². The number of para-hydroxylation sites is 4. The molecule has 6 heterocycles. The molecular formula is C86H54N8. The van der Waals surface area contributed by atoms with Crippen LogP contribution < -0.4 is 0 Å². The van der Waals surface area contributed by atoms with E-state index in [9.17, 15) is 0 Å². The molecule has 0 fully saturated rings. The number of benzene rings is 12. The fraction of sp³-hybridized carbons (Fsp3) is 0. The molecule has 0 bridgehead atoms. The molecule has 18 rings (SSSR count). The van der Waals surface area contributed by atoms with Crippen molar-refractivity contribution in [1.29, 1.82) is 0 Å². The van der Waals surface area contributed by atoms with Crippen LogP contribution in [0.25, 0.3) is 178 Å². The number of rotatable bonds is 11. The zero-order chi connectivity index (χ0) is 62.1. The van der Waals surface area contributed by atoms with Gasteiger partial charge in [-0.15, -0.1) is 0 Å². The van der Waals surface area contributed by atoms with Gasteiger partial charge in [0.2, 0.25) is 0 Å². The average molecular weight is 1200 g/mol. The summed E-state index contributed by atoms with van der Waals surface area (Å²) in [4.78, 5) is 30.3. The van der Waals surface area contributed by atoms with Gasteiger partial charge < -0.3 is 9.13 Å². The van der Waals surface area contributed by atoms with Gasteiger partial charge >= 0.3 is 0 Å². The SMILES string of the molecule is c1cnc2ccc(-c3ccc(-c4cc(-c5ccc(-n6c7ccccc7c7ccccc76)cc5)nc(-c5ccc(-c6ccc(-c7nc(-c8ccc(-c9ccc%10ncccc%10c9)cc8)cc(-c8ccc(-n9c%10ccccc%10c%10ccccc%109)cc8)n7)cc6)cc5)n4)cc3)cc2c1. The van der Waals surface area contributed by atoms with Gasteiger partial charge in [-0.2, -0.15) is 0 Å². The third-order valence-electron chi connectivity index (χ3n) is 18.3. The number of hydrogen-bond acceptors (Lipinski definition) is 6. The number of pyridine rings is 2. The summed E-state index contributed by atoms with van der Waals surface area (Å²) in [5, 5.41) is 7.14. The maximum Gasteiger partial charge on any atom is 0.160 e. The molecule has 0 aliphatic rings. The van der Waals surface area contributed by atoms with Crippen LogP contribution in [0, 0.1) is 0 Å². The molecule has 94 heavy (non-hydrogen) atoms. The minimum absolute atomic E-state index is 0.641. The van der Waals surface area contributed by atoms with Crippen LogP contribution in [-0.4, -0.2) is 39.0 Å². The van der Waals surface area contributed by atoms with E-state index < -0.39 is 0 Å². The Morgan fingerprint density at radius 3 is 0.798 bits per heavy atom. The molecule has 0 unspecified atom stereocenters. The van der Waals surface area contributed by atoms with Gasteiger partial charge in [-0.3, -0.25) is 9.97 Å². The zero-order valence-electron chi connectivity index (χ0n) is 50.8. The van der Waals surface area contributed by atoms with E-state index >= 15 is 0 Å². The highest BCUT2D eigenvalue weighted by molar-refractivity contribution is 6.10. The van der Waals surface area contributed by atoms with Crippen LogP contribution in [-0.2, 0) is 0 Å². The molecule has 0 aliphatic heterocycles. The van der Waals surface area contributed by atoms with E-state index in [1.807, 2.05) is 24.5 Å². The monoisotopic (exact) mass is 1200 g/mol. The molecule has 6 aromatic heterocycles. The highest BCUT2D eigenvalue weighted by Crippen LogP contribution is 2.38. The molecule has 0 saturated heterocycles. The molecule has 0 N–H and O–H groups in total. The van der Waals surface area contributed by atoms with Gasteiger partial charge in [-0.05, 0) is 130 Å². The lowest BCUT2D eigenvalue weighted by Crippen LogP contribution is -1.97. The maximum atomic E-state index is 5.32. The molecule has 0 saturated carbocycles. The lowest BCUT2D eigenvalue weighted by atomic mass is 9.99. The first-order valence-electron chi connectivity index (χ1n) is 31.6. The van der Waals surface area contributed by atoms with Crippen LogP contribution in [0.5, 0.6) is 0 Å². The quantitative estimate of drug-likeness (QED) is 0.128. The van der Waals surface area contributed by atoms with Crippen LogP contribution in [0.15, 0.2) is 328 Å². The summed E-state index contributed by atoms with van der Waals surface area (Å²) < 4.78 is 4.69. The van der Waals surface area contributed by atoms with E-state index in [0.29, 0.717) is 11.6 Å². The normalized spacial score (nSPS) is 11.6. The van der Waals surface area contributed by atoms with Gasteiger partial charge in [0.1, 0.15) is 0 Å². The first kappa shape index (κ1) is 54.2. The number of fused-ring (bicyclic) bond motifs is 8. The first-order valence-corrected chi connectivity index (χ1v) is 31.6. The van der Waals surface area contributed by atoms with Crippen molar-refractivity contribution in [2.24, 2.45) is 0 Å². The second-order valence-electron chi connectivity index (χ2n) is 23.9. The fourth-order valence-electron chi connectivity index (χ4n) is 13.5. The van der Waals surface area contributed by atoms with Gasteiger partial charge in [0.15, 0.2) is 11.6 Å². The Balaban J connectivity index is 0.677. The third kappa shape index (κ3) is 9.73. The molecule has 8 nitrogen and oxygen atoms in total. The lowest BCUT2D eigenvalue weighted by molar-refractivity contribution is 1.17. The maximum absolute atomic E-state index is 5.32. The molecular weight excluding hydrogens is 1150 g/mol. The van der Waals surface area contributed by atoms with E-state index in [4.69, 9.17) is 19.9 Å². The molecule has 0 spiro atoms. The van der Waals surface area contributed by atoms with Crippen molar-refractivity contribution in [2.75, 3.05) is 0 Å². The van der Waals surface area contributed by atoms with Gasteiger partial charge in [0, 0.05) is 89.5 Å². The standard InChI is InChI=1S/C86H54N8/c1-5-17-81-71(13-1)72-14-2-6-18-82(72)93(81)69-43-37-61(38-44-69)79-53-77(59-29-21-57(22-30-59)65-41-47-75-67(51-65)11-9-49-87-75)89-85(91-79)63-33-25-55(26-34-63)56-27-35-64(36-28-56)86-90-78(60-31-23-58(24-32-60)66-42-48-76-68(52-66)12-10-50-88-76)54-80(92-86)62-39-45-70(46-40-62)94-83-19-7-3-15-73(83)74-16-4-8-20-84(74)94/h1-54H. The Morgan fingerprint density at radius 2 is 0.468 bits per heavy atom. The van der Waals surface area contributed by atoms with Crippen LogP contribution in [0.4, 0.5) is 0 Å². The first-order chi connectivity index (χ1) is 46.5. The summed E-state index contributed by atoms with van der Waals surface area (Å²) >= 11 is 0. The van der Waals surface area contributed by atoms with Crippen molar-refractivity contribution >= 4 is 65.4 Å². The van der Waals surface area contributed by atoms with E-state index in [-0.39, 0.29) is 0 Å². The summed E-state index contributed by atoms with van der Waals surface area (Å²) in [7, 11) is 0. The molecule has 18 aromatic rings. The van der Waals surface area contributed by atoms with Crippen LogP contribution >= 0.6 is 0 Å². The summed E-state index contributed by atoms with van der Waals surface area (Å²) in [6.45, 7) is 0. The van der Waals surface area contributed by atoms with E-state index in [0.717, 1.165) is 123 Å². The van der Waals surface area contributed by atoms with E-state index in [1.165, 1.54) is 43.6 Å². The smallest absolute Gasteiger partial charge is 0.160 e. The zero-order valence-corrected chi connectivity index (χ0v) is 50.8. The highest BCUT2D eigenvalue weighted by atomic mass is 15.0. The van der Waals surface area contributed by atoms with Crippen molar-refractivity contribution in [3.8, 4) is 113 Å². The van der Waals surface area contributed by atoms with Gasteiger partial charge in [0.25, 0.3) is 0 Å². The van der Waals surface area contributed by atoms with Gasteiger partial charge in [-0.1, -0.05) is 218 Å². The minimum atomic E-state index is 0.641. The molecule has 0 radical (unpaired) electrons. The average Bonchev–Trinajstić information content (AvgIpc) is 1.59. The Bertz CT molecular complexity index is 5460. The predicted octanol–water partition coefficient (Wildman–Crippen LogP) is 21.6.